The molecule has 0 spiro atoms. The van der Waals surface area contributed by atoms with Crippen molar-refractivity contribution in [2.45, 2.75) is 50.2 Å². The molecule has 0 atom stereocenters. The van der Waals surface area contributed by atoms with Crippen LogP contribution in [0.3, 0.4) is 0 Å². The van der Waals surface area contributed by atoms with Crippen LogP contribution >= 0.6 is 0 Å². The normalized spacial score (nSPS) is 21.1. The molecule has 1 aliphatic carbocycles. The molecule has 1 aliphatic heterocycles. The molecule has 1 saturated heterocycles. The van der Waals surface area contributed by atoms with E-state index in [-0.39, 0.29) is 23.2 Å². The van der Waals surface area contributed by atoms with Crippen LogP contribution in [0.1, 0.15) is 37.7 Å². The minimum Gasteiger partial charge on any atom is -0.396 e. The molecule has 1 saturated carbocycles. The molecule has 1 aromatic carbocycles. The fraction of sp³-hybridized carbons (Fsp3) is 0.647. The first-order chi connectivity index (χ1) is 11.4. The van der Waals surface area contributed by atoms with Crippen LogP contribution in [0.25, 0.3) is 0 Å². The van der Waals surface area contributed by atoms with E-state index in [0.717, 1.165) is 18.4 Å². The number of aliphatic hydroxyl groups is 1. The summed E-state index contributed by atoms with van der Waals surface area (Å²) in [5, 5.41) is 9.44. The highest BCUT2D eigenvalue weighted by Crippen LogP contribution is 2.41. The molecule has 1 heterocycles. The zero-order valence-electron chi connectivity index (χ0n) is 14.0. The SMILES string of the molecule is Cc1ccc(S(=O)(=O)O)cc1.OCC1(C2OCCO2)CCCCC1. The van der Waals surface area contributed by atoms with Gasteiger partial charge < -0.3 is 14.6 Å². The Balaban J connectivity index is 0.000000177. The topological polar surface area (TPSA) is 93.1 Å². The molecule has 136 valence electrons. The van der Waals surface area contributed by atoms with Gasteiger partial charge in [-0.3, -0.25) is 4.55 Å². The van der Waals surface area contributed by atoms with E-state index < -0.39 is 10.1 Å². The standard InChI is InChI=1S/C10H18O3.C7H8O3S/c11-8-10(4-2-1-3-5-10)9-12-6-7-13-9;1-6-2-4-7(5-3-6)11(8,9)10/h9,11H,1-8H2;2-5H,1H3,(H,8,9,10). The Morgan fingerprint density at radius 1 is 1.08 bits per heavy atom. The molecular weight excluding hydrogens is 332 g/mol. The molecule has 0 unspecified atom stereocenters. The molecule has 2 fully saturated rings. The molecule has 0 radical (unpaired) electrons. The Labute approximate surface area is 143 Å². The molecule has 24 heavy (non-hydrogen) atoms. The van der Waals surface area contributed by atoms with Crippen LogP contribution in [0.5, 0.6) is 0 Å². The van der Waals surface area contributed by atoms with E-state index in [0.29, 0.717) is 13.2 Å². The summed E-state index contributed by atoms with van der Waals surface area (Å²) < 4.78 is 40.6. The van der Waals surface area contributed by atoms with Crippen LogP contribution in [0.4, 0.5) is 0 Å². The summed E-state index contributed by atoms with van der Waals surface area (Å²) >= 11 is 0. The number of benzene rings is 1. The second-order valence-electron chi connectivity index (χ2n) is 6.44. The summed E-state index contributed by atoms with van der Waals surface area (Å²) in [4.78, 5) is -0.0666. The van der Waals surface area contributed by atoms with Crippen molar-refractivity contribution in [3.8, 4) is 0 Å². The van der Waals surface area contributed by atoms with Gasteiger partial charge in [0.15, 0.2) is 6.29 Å². The first kappa shape index (κ1) is 19.3. The van der Waals surface area contributed by atoms with Gasteiger partial charge >= 0.3 is 0 Å². The summed E-state index contributed by atoms with van der Waals surface area (Å²) in [6.45, 7) is 3.42. The molecule has 0 bridgehead atoms. The van der Waals surface area contributed by atoms with E-state index in [1.807, 2.05) is 6.92 Å². The minimum atomic E-state index is -4.02. The predicted octanol–water partition coefficient (Wildman–Crippen LogP) is 2.54. The van der Waals surface area contributed by atoms with Crippen molar-refractivity contribution in [2.24, 2.45) is 5.41 Å². The summed E-state index contributed by atoms with van der Waals surface area (Å²) in [5.74, 6) is 0. The highest BCUT2D eigenvalue weighted by Gasteiger charge is 2.42. The second kappa shape index (κ2) is 8.40. The first-order valence-corrected chi connectivity index (χ1v) is 9.70. The number of ether oxygens (including phenoxy) is 2. The third-order valence-corrected chi connectivity index (χ3v) is 5.47. The lowest BCUT2D eigenvalue weighted by Crippen LogP contribution is -2.41. The van der Waals surface area contributed by atoms with Gasteiger partial charge in [-0.1, -0.05) is 37.0 Å². The van der Waals surface area contributed by atoms with E-state index in [4.69, 9.17) is 14.0 Å². The number of hydrogen-bond donors (Lipinski definition) is 2. The number of aliphatic hydroxyl groups excluding tert-OH is 1. The van der Waals surface area contributed by atoms with E-state index in [9.17, 15) is 13.5 Å². The Hall–Kier alpha value is -0.990. The molecular formula is C17H26O6S. The maximum absolute atomic E-state index is 10.5. The maximum Gasteiger partial charge on any atom is 0.294 e. The van der Waals surface area contributed by atoms with Gasteiger partial charge in [0, 0.05) is 5.41 Å². The van der Waals surface area contributed by atoms with Crippen molar-refractivity contribution in [1.29, 1.82) is 0 Å². The van der Waals surface area contributed by atoms with Gasteiger partial charge in [0.05, 0.1) is 24.7 Å². The number of aryl methyl sites for hydroxylation is 1. The van der Waals surface area contributed by atoms with Gasteiger partial charge in [0.2, 0.25) is 0 Å². The van der Waals surface area contributed by atoms with Gasteiger partial charge in [0.1, 0.15) is 0 Å². The fourth-order valence-corrected chi connectivity index (χ4v) is 3.63. The van der Waals surface area contributed by atoms with E-state index >= 15 is 0 Å². The fourth-order valence-electron chi connectivity index (χ4n) is 3.15. The molecule has 2 aliphatic rings. The van der Waals surface area contributed by atoms with E-state index in [1.54, 1.807) is 12.1 Å². The molecule has 7 heteroatoms. The smallest absolute Gasteiger partial charge is 0.294 e. The van der Waals surface area contributed by atoms with Gasteiger partial charge in [-0.2, -0.15) is 8.42 Å². The van der Waals surface area contributed by atoms with E-state index in [1.165, 1.54) is 31.4 Å². The molecule has 6 nitrogen and oxygen atoms in total. The van der Waals surface area contributed by atoms with Crippen molar-refractivity contribution >= 4 is 10.1 Å². The lowest BCUT2D eigenvalue weighted by molar-refractivity contribution is -0.162. The Kier molecular flexibility index (Phi) is 6.77. The van der Waals surface area contributed by atoms with Crippen molar-refractivity contribution in [2.75, 3.05) is 19.8 Å². The second-order valence-corrected chi connectivity index (χ2v) is 7.86. The lowest BCUT2D eigenvalue weighted by atomic mass is 9.74. The molecule has 0 aromatic heterocycles. The number of rotatable bonds is 3. The largest absolute Gasteiger partial charge is 0.396 e. The Morgan fingerprint density at radius 3 is 2.08 bits per heavy atom. The molecule has 3 rings (SSSR count). The van der Waals surface area contributed by atoms with Crippen molar-refractivity contribution in [3.63, 3.8) is 0 Å². The van der Waals surface area contributed by atoms with Crippen molar-refractivity contribution in [1.82, 2.24) is 0 Å². The Bertz CT molecular complexity index is 598. The highest BCUT2D eigenvalue weighted by atomic mass is 32.2. The summed E-state index contributed by atoms with van der Waals surface area (Å²) in [7, 11) is -4.02. The van der Waals surface area contributed by atoms with Crippen molar-refractivity contribution < 1.29 is 27.6 Å². The molecule has 1 aromatic rings. The van der Waals surface area contributed by atoms with Gasteiger partial charge in [-0.05, 0) is 31.9 Å². The van der Waals surface area contributed by atoms with E-state index in [2.05, 4.69) is 0 Å². The highest BCUT2D eigenvalue weighted by molar-refractivity contribution is 7.85. The quantitative estimate of drug-likeness (QED) is 0.807. The third-order valence-electron chi connectivity index (χ3n) is 4.60. The first-order valence-electron chi connectivity index (χ1n) is 8.26. The number of hydrogen-bond acceptors (Lipinski definition) is 5. The van der Waals surface area contributed by atoms with Gasteiger partial charge in [-0.15, -0.1) is 0 Å². The summed E-state index contributed by atoms with van der Waals surface area (Å²) in [6.07, 6.45) is 5.64. The average molecular weight is 358 g/mol. The minimum absolute atomic E-state index is 0.0666. The van der Waals surface area contributed by atoms with Crippen LogP contribution in [0.15, 0.2) is 29.2 Å². The van der Waals surface area contributed by atoms with Crippen LogP contribution < -0.4 is 0 Å². The average Bonchev–Trinajstić information content (AvgIpc) is 3.11. The zero-order chi connectivity index (χ0) is 17.6. The van der Waals surface area contributed by atoms with Crippen LogP contribution in [0.2, 0.25) is 0 Å². The monoisotopic (exact) mass is 358 g/mol. The summed E-state index contributed by atoms with van der Waals surface area (Å²) in [6, 6.07) is 5.99. The van der Waals surface area contributed by atoms with Crippen LogP contribution in [-0.2, 0) is 19.6 Å². The molecule has 2 N–H and O–H groups in total. The third kappa shape index (κ3) is 5.00. The maximum atomic E-state index is 10.5. The Morgan fingerprint density at radius 2 is 1.62 bits per heavy atom. The zero-order valence-corrected chi connectivity index (χ0v) is 14.8. The van der Waals surface area contributed by atoms with Crippen molar-refractivity contribution in [3.05, 3.63) is 29.8 Å². The molecule has 0 amide bonds. The van der Waals surface area contributed by atoms with Crippen LogP contribution in [0, 0.1) is 12.3 Å². The van der Waals surface area contributed by atoms with Crippen LogP contribution in [-0.4, -0.2) is 44.2 Å². The summed E-state index contributed by atoms with van der Waals surface area (Å²) in [5.41, 5.74) is 0.867. The van der Waals surface area contributed by atoms with Gasteiger partial charge in [-0.25, -0.2) is 0 Å². The predicted molar refractivity (Wildman–Crippen MR) is 89.3 cm³/mol. The van der Waals surface area contributed by atoms with Gasteiger partial charge in [0.25, 0.3) is 10.1 Å². The lowest BCUT2D eigenvalue weighted by Gasteiger charge is -2.38.